The summed E-state index contributed by atoms with van der Waals surface area (Å²) in [7, 11) is 5.62. The van der Waals surface area contributed by atoms with Gasteiger partial charge in [0.25, 0.3) is 5.91 Å². The molecular weight excluding hydrogens is 312 g/mol. The number of ether oxygens (including phenoxy) is 1. The summed E-state index contributed by atoms with van der Waals surface area (Å²) in [5.74, 6) is 0.687. The van der Waals surface area contributed by atoms with Crippen molar-refractivity contribution in [3.63, 3.8) is 0 Å². The van der Waals surface area contributed by atoms with Crippen LogP contribution in [0.25, 0.3) is 0 Å². The maximum absolute atomic E-state index is 12.3. The second-order valence-corrected chi connectivity index (χ2v) is 6.12. The molecule has 1 atom stereocenters. The molecule has 1 heterocycles. The topological polar surface area (TPSA) is 67.3 Å². The van der Waals surface area contributed by atoms with Crippen molar-refractivity contribution in [2.45, 2.75) is 19.4 Å². The Morgan fingerprint density at radius 2 is 2.22 bits per heavy atom. The first-order valence-electron chi connectivity index (χ1n) is 7.46. The van der Waals surface area contributed by atoms with E-state index in [1.54, 1.807) is 7.11 Å². The number of methoxy groups -OCH3 is 1. The molecule has 1 amide bonds. The Kier molecular flexibility index (Phi) is 6.06. The van der Waals surface area contributed by atoms with Crippen molar-refractivity contribution in [2.75, 3.05) is 27.7 Å². The van der Waals surface area contributed by atoms with Crippen LogP contribution in [-0.2, 0) is 6.42 Å². The fourth-order valence-corrected chi connectivity index (χ4v) is 3.00. The number of aromatic nitrogens is 2. The molecule has 0 aliphatic carbocycles. The molecule has 2 aromatic rings. The third kappa shape index (κ3) is 4.27. The zero-order valence-electron chi connectivity index (χ0n) is 13.9. The summed E-state index contributed by atoms with van der Waals surface area (Å²) in [4.78, 5) is 15.0. The van der Waals surface area contributed by atoms with Crippen molar-refractivity contribution in [3.05, 3.63) is 40.4 Å². The standard InChI is InChI=1S/C16H22N4O2S/c1-5-13-15(23-19-18-13)16(21)17-10-14(20(2)3)11-7-6-8-12(9-11)22-4/h6-9,14H,5,10H2,1-4H3,(H,17,21)/t14-/m0/s1. The Morgan fingerprint density at radius 3 is 2.87 bits per heavy atom. The average Bonchev–Trinajstić information content (AvgIpc) is 3.03. The number of hydrogen-bond acceptors (Lipinski definition) is 6. The molecule has 0 spiro atoms. The molecule has 6 nitrogen and oxygen atoms in total. The molecule has 0 bridgehead atoms. The summed E-state index contributed by atoms with van der Waals surface area (Å²) >= 11 is 1.14. The van der Waals surface area contributed by atoms with E-state index in [2.05, 4.69) is 19.8 Å². The van der Waals surface area contributed by atoms with E-state index in [1.807, 2.05) is 45.3 Å². The van der Waals surface area contributed by atoms with Crippen molar-refractivity contribution < 1.29 is 9.53 Å². The van der Waals surface area contributed by atoms with E-state index in [4.69, 9.17) is 4.74 Å². The molecule has 0 saturated heterocycles. The molecule has 7 heteroatoms. The number of benzene rings is 1. The molecule has 1 aromatic heterocycles. The van der Waals surface area contributed by atoms with Crippen LogP contribution in [0.1, 0.15) is 33.9 Å². The summed E-state index contributed by atoms with van der Waals surface area (Å²) in [5, 5.41) is 6.97. The zero-order chi connectivity index (χ0) is 16.8. The van der Waals surface area contributed by atoms with Gasteiger partial charge in [-0.25, -0.2) is 0 Å². The van der Waals surface area contributed by atoms with E-state index >= 15 is 0 Å². The van der Waals surface area contributed by atoms with Crippen molar-refractivity contribution in [3.8, 4) is 5.75 Å². The minimum Gasteiger partial charge on any atom is -0.497 e. The normalized spacial score (nSPS) is 12.2. The highest BCUT2D eigenvalue weighted by molar-refractivity contribution is 7.08. The van der Waals surface area contributed by atoms with E-state index in [0.717, 1.165) is 28.5 Å². The van der Waals surface area contributed by atoms with Gasteiger partial charge in [-0.15, -0.1) is 5.10 Å². The number of rotatable bonds is 7. The first-order valence-corrected chi connectivity index (χ1v) is 8.24. The number of aryl methyl sites for hydroxylation is 1. The Labute approximate surface area is 140 Å². The predicted molar refractivity (Wildman–Crippen MR) is 91.0 cm³/mol. The average molecular weight is 334 g/mol. The van der Waals surface area contributed by atoms with Crippen LogP contribution in [0.4, 0.5) is 0 Å². The Balaban J connectivity index is 2.09. The smallest absolute Gasteiger partial charge is 0.265 e. The van der Waals surface area contributed by atoms with Gasteiger partial charge in [0.15, 0.2) is 0 Å². The third-order valence-electron chi connectivity index (χ3n) is 3.65. The van der Waals surface area contributed by atoms with Gasteiger partial charge in [-0.1, -0.05) is 23.5 Å². The molecule has 1 aromatic carbocycles. The lowest BCUT2D eigenvalue weighted by molar-refractivity contribution is 0.0945. The third-order valence-corrected chi connectivity index (χ3v) is 4.42. The highest BCUT2D eigenvalue weighted by Gasteiger charge is 2.19. The summed E-state index contributed by atoms with van der Waals surface area (Å²) in [5.41, 5.74) is 1.84. The Hall–Kier alpha value is -1.99. The van der Waals surface area contributed by atoms with E-state index in [0.29, 0.717) is 17.8 Å². The second kappa shape index (κ2) is 8.03. The second-order valence-electron chi connectivity index (χ2n) is 5.37. The molecular formula is C16H22N4O2S. The highest BCUT2D eigenvalue weighted by atomic mass is 32.1. The van der Waals surface area contributed by atoms with Gasteiger partial charge in [0, 0.05) is 6.54 Å². The molecule has 0 fully saturated rings. The molecule has 0 unspecified atom stereocenters. The summed E-state index contributed by atoms with van der Waals surface area (Å²) < 4.78 is 9.14. The maximum Gasteiger partial charge on any atom is 0.265 e. The molecule has 0 aliphatic heterocycles. The van der Waals surface area contributed by atoms with Crippen LogP contribution in [-0.4, -0.2) is 48.1 Å². The number of carbonyl (C=O) groups excluding carboxylic acids is 1. The highest BCUT2D eigenvalue weighted by Crippen LogP contribution is 2.22. The minimum absolute atomic E-state index is 0.0556. The van der Waals surface area contributed by atoms with Crippen LogP contribution < -0.4 is 10.1 Å². The molecule has 0 radical (unpaired) electrons. The van der Waals surface area contributed by atoms with Gasteiger partial charge in [0.1, 0.15) is 10.6 Å². The molecule has 2 rings (SSSR count). The monoisotopic (exact) mass is 334 g/mol. The minimum atomic E-state index is -0.119. The number of carbonyl (C=O) groups is 1. The van der Waals surface area contributed by atoms with Crippen LogP contribution in [0.2, 0.25) is 0 Å². The summed E-state index contributed by atoms with van der Waals surface area (Å²) in [6.45, 7) is 2.46. The van der Waals surface area contributed by atoms with Gasteiger partial charge in [0.2, 0.25) is 0 Å². The molecule has 124 valence electrons. The quantitative estimate of drug-likeness (QED) is 0.840. The number of nitrogens with zero attached hydrogens (tertiary/aromatic N) is 3. The van der Waals surface area contributed by atoms with E-state index in [-0.39, 0.29) is 11.9 Å². The number of nitrogens with one attached hydrogen (secondary N) is 1. The van der Waals surface area contributed by atoms with E-state index < -0.39 is 0 Å². The summed E-state index contributed by atoms with van der Waals surface area (Å²) in [6, 6.07) is 7.94. The number of hydrogen-bond donors (Lipinski definition) is 1. The lowest BCUT2D eigenvalue weighted by atomic mass is 10.1. The first kappa shape index (κ1) is 17.4. The van der Waals surface area contributed by atoms with E-state index in [1.165, 1.54) is 0 Å². The van der Waals surface area contributed by atoms with Crippen LogP contribution >= 0.6 is 11.5 Å². The number of likely N-dealkylation sites (N-methyl/N-ethyl adjacent to an activating group) is 1. The Bertz CT molecular complexity index is 657. The zero-order valence-corrected chi connectivity index (χ0v) is 14.7. The van der Waals surface area contributed by atoms with Gasteiger partial charge >= 0.3 is 0 Å². The van der Waals surface area contributed by atoms with E-state index in [9.17, 15) is 4.79 Å². The van der Waals surface area contributed by atoms with Crippen LogP contribution in [0.15, 0.2) is 24.3 Å². The van der Waals surface area contributed by atoms with Gasteiger partial charge in [-0.05, 0) is 49.7 Å². The van der Waals surface area contributed by atoms with Crippen molar-refractivity contribution in [2.24, 2.45) is 0 Å². The lowest BCUT2D eigenvalue weighted by Gasteiger charge is -2.25. The molecule has 0 aliphatic rings. The Morgan fingerprint density at radius 1 is 1.43 bits per heavy atom. The SMILES string of the molecule is CCc1nnsc1C(=O)NC[C@@H](c1cccc(OC)c1)N(C)C. The van der Waals surface area contributed by atoms with Crippen molar-refractivity contribution in [1.29, 1.82) is 0 Å². The molecule has 23 heavy (non-hydrogen) atoms. The van der Waals surface area contributed by atoms with Crippen LogP contribution in [0.3, 0.4) is 0 Å². The van der Waals surface area contributed by atoms with Gasteiger partial charge in [0.05, 0.1) is 18.8 Å². The lowest BCUT2D eigenvalue weighted by Crippen LogP contribution is -2.34. The molecule has 1 N–H and O–H groups in total. The van der Waals surface area contributed by atoms with Crippen molar-refractivity contribution >= 4 is 17.4 Å². The fourth-order valence-electron chi connectivity index (χ4n) is 2.33. The van der Waals surface area contributed by atoms with Crippen LogP contribution in [0, 0.1) is 0 Å². The first-order chi connectivity index (χ1) is 11.1. The largest absolute Gasteiger partial charge is 0.497 e. The van der Waals surface area contributed by atoms with Gasteiger partial charge in [-0.3, -0.25) is 4.79 Å². The predicted octanol–water partition coefficient (Wildman–Crippen LogP) is 2.14. The van der Waals surface area contributed by atoms with Crippen LogP contribution in [0.5, 0.6) is 5.75 Å². The fraction of sp³-hybridized carbons (Fsp3) is 0.438. The summed E-state index contributed by atoms with van der Waals surface area (Å²) in [6.07, 6.45) is 0.701. The number of amides is 1. The molecule has 0 saturated carbocycles. The van der Waals surface area contributed by atoms with Crippen molar-refractivity contribution in [1.82, 2.24) is 19.8 Å². The van der Waals surface area contributed by atoms with Gasteiger partial charge < -0.3 is 15.0 Å². The van der Waals surface area contributed by atoms with Gasteiger partial charge in [-0.2, -0.15) is 0 Å². The maximum atomic E-state index is 12.3.